The number of hydrogen-bond donors (Lipinski definition) is 10. The summed E-state index contributed by atoms with van der Waals surface area (Å²) in [6, 6.07) is -0.0687. The van der Waals surface area contributed by atoms with Gasteiger partial charge in [0.2, 0.25) is 17.2 Å². The topological polar surface area (TPSA) is 334 Å². The second-order valence-electron chi connectivity index (χ2n) is 4.77. The second kappa shape index (κ2) is 9.08. The van der Waals surface area contributed by atoms with Crippen LogP contribution in [0.25, 0.3) is 0 Å². The van der Waals surface area contributed by atoms with Gasteiger partial charge in [-0.1, -0.05) is 0 Å². The summed E-state index contributed by atoms with van der Waals surface area (Å²) in [6.45, 7) is 0. The lowest BCUT2D eigenvalue weighted by Gasteiger charge is -2.22. The maximum Gasteiger partial charge on any atom is 0.525 e. The Morgan fingerprint density at radius 1 is 0.419 bits per heavy atom. The van der Waals surface area contributed by atoms with Crippen LogP contribution in [0.4, 0.5) is 0 Å². The zero-order valence-corrected chi connectivity index (χ0v) is 18.3. The molecule has 180 valence electrons. The Bertz CT molecular complexity index is 990. The standard InChI is InChI=1S/C6H11O20P5/c7-27(8,9)22-2-1-3(23-28(10,11)12)5(25-30(16,17)18)6(26-31(19,20)21)4(2)24-29(13,14)15/h1H,(H2,7,8,9)(H2,10,11,12)(H2,13,14,15)(H2,16,17,18)(H2,19,20,21). The first kappa shape index (κ1) is 28.0. The highest BCUT2D eigenvalue weighted by Crippen LogP contribution is 2.63. The number of phosphoric acid groups is 5. The predicted octanol–water partition coefficient (Wildman–Crippen LogP) is -0.956. The van der Waals surface area contributed by atoms with Gasteiger partial charge in [-0.2, -0.15) is 0 Å². The van der Waals surface area contributed by atoms with E-state index in [1.807, 2.05) is 0 Å². The van der Waals surface area contributed by atoms with Gasteiger partial charge in [0.15, 0.2) is 11.5 Å². The van der Waals surface area contributed by atoms with Gasteiger partial charge in [-0.05, 0) is 0 Å². The monoisotopic (exact) mass is 558 g/mol. The summed E-state index contributed by atoms with van der Waals surface area (Å²) in [5, 5.41) is 0. The van der Waals surface area contributed by atoms with Gasteiger partial charge in [0, 0.05) is 6.07 Å². The molecule has 31 heavy (non-hydrogen) atoms. The third kappa shape index (κ3) is 10.9. The molecule has 1 aromatic rings. The molecular weight excluding hydrogens is 547 g/mol. The highest BCUT2D eigenvalue weighted by atomic mass is 31.2. The lowest BCUT2D eigenvalue weighted by atomic mass is 10.2. The summed E-state index contributed by atoms with van der Waals surface area (Å²) < 4.78 is 75.5. The Morgan fingerprint density at radius 3 is 0.871 bits per heavy atom. The fourth-order valence-electron chi connectivity index (χ4n) is 1.58. The zero-order valence-electron chi connectivity index (χ0n) is 13.9. The molecule has 10 N–H and O–H groups in total. The maximum atomic E-state index is 11.2. The second-order valence-corrected chi connectivity index (χ2v) is 10.6. The van der Waals surface area contributed by atoms with Crippen molar-refractivity contribution in [3.63, 3.8) is 0 Å². The third-order valence-corrected chi connectivity index (χ3v) is 4.32. The van der Waals surface area contributed by atoms with Crippen molar-refractivity contribution in [2.45, 2.75) is 0 Å². The molecule has 0 amide bonds. The van der Waals surface area contributed by atoms with Crippen molar-refractivity contribution in [3.8, 4) is 28.7 Å². The van der Waals surface area contributed by atoms with Crippen LogP contribution in [0, 0.1) is 0 Å². The number of phosphoric ester groups is 5. The summed E-state index contributed by atoms with van der Waals surface area (Å²) in [5.74, 6) is -8.89. The first-order chi connectivity index (χ1) is 13.5. The average Bonchev–Trinajstić information content (AvgIpc) is 2.39. The molecule has 25 heteroatoms. The quantitative estimate of drug-likeness (QED) is 0.155. The molecule has 0 unspecified atom stereocenters. The fraction of sp³-hybridized carbons (Fsp3) is 0. The highest BCUT2D eigenvalue weighted by molar-refractivity contribution is 7.48. The molecule has 0 heterocycles. The lowest BCUT2D eigenvalue weighted by molar-refractivity contribution is 0.240. The Kier molecular flexibility index (Phi) is 8.20. The SMILES string of the molecule is O=P(O)(O)Oc1cc(OP(=O)(O)O)c(OP(=O)(O)O)c(OP(=O)(O)O)c1OP(=O)(O)O. The van der Waals surface area contributed by atoms with Crippen LogP contribution in [-0.2, 0) is 22.8 Å². The number of hydrogen-bond acceptors (Lipinski definition) is 10. The van der Waals surface area contributed by atoms with Crippen molar-refractivity contribution in [1.82, 2.24) is 0 Å². The summed E-state index contributed by atoms with van der Waals surface area (Å²) in [7, 11) is -28.9. The van der Waals surface area contributed by atoms with E-state index < -0.39 is 67.9 Å². The Morgan fingerprint density at radius 2 is 0.645 bits per heavy atom. The van der Waals surface area contributed by atoms with Crippen molar-refractivity contribution in [3.05, 3.63) is 6.07 Å². The summed E-state index contributed by atoms with van der Waals surface area (Å²) in [5.41, 5.74) is 0. The van der Waals surface area contributed by atoms with Gasteiger partial charge in [0.1, 0.15) is 0 Å². The van der Waals surface area contributed by atoms with Crippen LogP contribution in [0.15, 0.2) is 6.07 Å². The van der Waals surface area contributed by atoms with Crippen molar-refractivity contribution < 1.29 is 94.4 Å². The molecular formula is C6H11O20P5. The van der Waals surface area contributed by atoms with E-state index in [-0.39, 0.29) is 6.07 Å². The number of rotatable bonds is 10. The van der Waals surface area contributed by atoms with Gasteiger partial charge in [-0.25, -0.2) is 22.8 Å². The van der Waals surface area contributed by atoms with Gasteiger partial charge in [0.05, 0.1) is 0 Å². The molecule has 1 aromatic carbocycles. The van der Waals surface area contributed by atoms with Crippen molar-refractivity contribution in [1.29, 1.82) is 0 Å². The van der Waals surface area contributed by atoms with Crippen molar-refractivity contribution in [2.75, 3.05) is 0 Å². The molecule has 0 aliphatic rings. The number of benzene rings is 1. The van der Waals surface area contributed by atoms with Crippen LogP contribution in [0.3, 0.4) is 0 Å². The van der Waals surface area contributed by atoms with E-state index in [0.29, 0.717) is 0 Å². The van der Waals surface area contributed by atoms with Gasteiger partial charge >= 0.3 is 39.1 Å². The van der Waals surface area contributed by atoms with Crippen LogP contribution in [-0.4, -0.2) is 48.9 Å². The highest BCUT2D eigenvalue weighted by Gasteiger charge is 2.38. The van der Waals surface area contributed by atoms with Gasteiger partial charge in [-0.3, -0.25) is 48.9 Å². The minimum atomic E-state index is -5.88. The van der Waals surface area contributed by atoms with Gasteiger partial charge in [-0.15, -0.1) is 0 Å². The van der Waals surface area contributed by atoms with Crippen molar-refractivity contribution >= 4 is 39.1 Å². The molecule has 1 rings (SSSR count). The molecule has 20 nitrogen and oxygen atoms in total. The smallest absolute Gasteiger partial charge is 0.400 e. The van der Waals surface area contributed by atoms with E-state index in [9.17, 15) is 22.8 Å². The van der Waals surface area contributed by atoms with E-state index in [1.54, 1.807) is 0 Å². The van der Waals surface area contributed by atoms with E-state index in [4.69, 9.17) is 48.9 Å². The van der Waals surface area contributed by atoms with E-state index in [0.717, 1.165) is 0 Å². The molecule has 0 radical (unpaired) electrons. The summed E-state index contributed by atoms with van der Waals surface area (Å²) >= 11 is 0. The molecule has 0 saturated carbocycles. The lowest BCUT2D eigenvalue weighted by Crippen LogP contribution is -2.05. The molecule has 0 aliphatic heterocycles. The Balaban J connectivity index is 4.12. The normalized spacial score (nSPS) is 13.5. The zero-order chi connectivity index (χ0) is 24.6. The molecule has 0 aliphatic carbocycles. The molecule has 0 aromatic heterocycles. The molecule has 0 saturated heterocycles. The van der Waals surface area contributed by atoms with Crippen LogP contribution < -0.4 is 22.6 Å². The van der Waals surface area contributed by atoms with Crippen molar-refractivity contribution in [2.24, 2.45) is 0 Å². The van der Waals surface area contributed by atoms with E-state index in [2.05, 4.69) is 22.6 Å². The maximum absolute atomic E-state index is 11.2. The van der Waals surface area contributed by atoms with Crippen LogP contribution in [0.1, 0.15) is 0 Å². The minimum Gasteiger partial charge on any atom is -0.400 e. The molecule has 0 bridgehead atoms. The van der Waals surface area contributed by atoms with Crippen LogP contribution >= 0.6 is 39.1 Å². The van der Waals surface area contributed by atoms with Crippen LogP contribution in [0.5, 0.6) is 28.7 Å². The first-order valence-electron chi connectivity index (χ1n) is 6.42. The molecule has 0 spiro atoms. The van der Waals surface area contributed by atoms with E-state index >= 15 is 0 Å². The minimum absolute atomic E-state index is 0.0687. The van der Waals surface area contributed by atoms with Gasteiger partial charge < -0.3 is 22.6 Å². The van der Waals surface area contributed by atoms with E-state index in [1.165, 1.54) is 0 Å². The van der Waals surface area contributed by atoms with Crippen LogP contribution in [0.2, 0.25) is 0 Å². The largest absolute Gasteiger partial charge is 0.525 e. The summed E-state index contributed by atoms with van der Waals surface area (Å²) in [6.07, 6.45) is 0. The predicted molar refractivity (Wildman–Crippen MR) is 89.8 cm³/mol. The average molecular weight is 558 g/mol. The third-order valence-electron chi connectivity index (χ3n) is 2.19. The fourth-order valence-corrected chi connectivity index (χ4v) is 3.59. The van der Waals surface area contributed by atoms with Gasteiger partial charge in [0.25, 0.3) is 0 Å². The molecule has 0 atom stereocenters. The first-order valence-corrected chi connectivity index (χ1v) is 14.1. The Hall–Kier alpha value is -1.03. The Labute approximate surface area is 169 Å². The summed E-state index contributed by atoms with van der Waals surface area (Å²) in [4.78, 5) is 89.2. The molecule has 0 fully saturated rings.